The molecule has 106 valence electrons. The van der Waals surface area contributed by atoms with Gasteiger partial charge in [0.25, 0.3) is 0 Å². The number of nitrogens with one attached hydrogen (secondary N) is 1. The Morgan fingerprint density at radius 3 is 2.90 bits per heavy atom. The van der Waals surface area contributed by atoms with E-state index in [9.17, 15) is 4.79 Å². The summed E-state index contributed by atoms with van der Waals surface area (Å²) in [4.78, 5) is 15.3. The summed E-state index contributed by atoms with van der Waals surface area (Å²) in [7, 11) is 1.66. The summed E-state index contributed by atoms with van der Waals surface area (Å²) in [5.41, 5.74) is 1.51. The van der Waals surface area contributed by atoms with Crippen LogP contribution in [0.3, 0.4) is 0 Å². The Morgan fingerprint density at radius 2 is 2.20 bits per heavy atom. The second-order valence-electron chi connectivity index (χ2n) is 4.70. The average molecular weight is 274 g/mol. The van der Waals surface area contributed by atoms with Crippen molar-refractivity contribution < 1.29 is 14.6 Å². The third kappa shape index (κ3) is 3.24. The standard InChI is InChI=1S/C15H18N2O3/c1-10(7-8-20-2)16-13-9-14(15(18)19)17-12-6-4-3-5-11(12)13/h3-6,9-10H,7-8H2,1-2H3,(H,16,17)(H,18,19). The highest BCUT2D eigenvalue weighted by Gasteiger charge is 2.12. The number of methoxy groups -OCH3 is 1. The number of carboxylic acids is 1. The van der Waals surface area contributed by atoms with Crippen molar-refractivity contribution in [2.24, 2.45) is 0 Å². The number of carbonyl (C=O) groups is 1. The smallest absolute Gasteiger partial charge is 0.354 e. The van der Waals surface area contributed by atoms with Gasteiger partial charge in [0.05, 0.1) is 5.52 Å². The van der Waals surface area contributed by atoms with E-state index in [-0.39, 0.29) is 11.7 Å². The third-order valence-corrected chi connectivity index (χ3v) is 3.09. The third-order valence-electron chi connectivity index (χ3n) is 3.09. The molecular weight excluding hydrogens is 256 g/mol. The Bertz CT molecular complexity index is 613. The van der Waals surface area contributed by atoms with Crippen molar-refractivity contribution in [3.63, 3.8) is 0 Å². The van der Waals surface area contributed by atoms with Crippen molar-refractivity contribution >= 4 is 22.6 Å². The van der Waals surface area contributed by atoms with Gasteiger partial charge in [-0.25, -0.2) is 9.78 Å². The first-order valence-electron chi connectivity index (χ1n) is 6.50. The minimum Gasteiger partial charge on any atom is -0.477 e. The van der Waals surface area contributed by atoms with E-state index in [1.807, 2.05) is 31.2 Å². The average Bonchev–Trinajstić information content (AvgIpc) is 2.44. The predicted molar refractivity (Wildman–Crippen MR) is 78.3 cm³/mol. The van der Waals surface area contributed by atoms with Crippen molar-refractivity contribution in [3.8, 4) is 0 Å². The lowest BCUT2D eigenvalue weighted by Gasteiger charge is -2.17. The lowest BCUT2D eigenvalue weighted by molar-refractivity contribution is 0.0691. The maximum absolute atomic E-state index is 11.1. The number of nitrogens with zero attached hydrogens (tertiary/aromatic N) is 1. The molecule has 1 aromatic heterocycles. The normalized spacial score (nSPS) is 12.3. The SMILES string of the molecule is COCCC(C)Nc1cc(C(=O)O)nc2ccccc12. The number of aromatic nitrogens is 1. The maximum atomic E-state index is 11.1. The van der Waals surface area contributed by atoms with E-state index in [0.29, 0.717) is 12.1 Å². The van der Waals surface area contributed by atoms with Crippen LogP contribution in [0.1, 0.15) is 23.8 Å². The first-order chi connectivity index (χ1) is 9.61. The molecule has 0 aliphatic heterocycles. The van der Waals surface area contributed by atoms with E-state index < -0.39 is 5.97 Å². The first-order valence-corrected chi connectivity index (χ1v) is 6.50. The van der Waals surface area contributed by atoms with Gasteiger partial charge >= 0.3 is 5.97 Å². The molecule has 2 N–H and O–H groups in total. The molecule has 1 heterocycles. The fourth-order valence-corrected chi connectivity index (χ4v) is 2.04. The molecule has 0 bridgehead atoms. The summed E-state index contributed by atoms with van der Waals surface area (Å²) in [5, 5.41) is 13.4. The van der Waals surface area contributed by atoms with E-state index in [1.54, 1.807) is 13.2 Å². The number of ether oxygens (including phenoxy) is 1. The van der Waals surface area contributed by atoms with Gasteiger partial charge in [-0.2, -0.15) is 0 Å². The van der Waals surface area contributed by atoms with Crippen LogP contribution < -0.4 is 5.32 Å². The van der Waals surface area contributed by atoms with E-state index in [2.05, 4.69) is 10.3 Å². The van der Waals surface area contributed by atoms with Gasteiger partial charge in [0.15, 0.2) is 5.69 Å². The minimum atomic E-state index is -1.02. The fraction of sp³-hybridized carbons (Fsp3) is 0.333. The number of carboxylic acid groups (broad SMARTS) is 1. The molecule has 1 unspecified atom stereocenters. The topological polar surface area (TPSA) is 71.5 Å². The Hall–Kier alpha value is -2.14. The van der Waals surface area contributed by atoms with Gasteiger partial charge in [-0.15, -0.1) is 0 Å². The minimum absolute atomic E-state index is 0.0464. The molecule has 0 saturated carbocycles. The maximum Gasteiger partial charge on any atom is 0.354 e. The van der Waals surface area contributed by atoms with Crippen LogP contribution in [-0.4, -0.2) is 35.8 Å². The highest BCUT2D eigenvalue weighted by Crippen LogP contribution is 2.24. The number of pyridine rings is 1. The summed E-state index contributed by atoms with van der Waals surface area (Å²) >= 11 is 0. The Morgan fingerprint density at radius 1 is 1.45 bits per heavy atom. The molecule has 0 aliphatic carbocycles. The van der Waals surface area contributed by atoms with Gasteiger partial charge in [0, 0.05) is 30.8 Å². The molecule has 2 rings (SSSR count). The molecule has 1 atom stereocenters. The number of anilines is 1. The van der Waals surface area contributed by atoms with Crippen LogP contribution in [0.25, 0.3) is 10.9 Å². The van der Waals surface area contributed by atoms with E-state index >= 15 is 0 Å². The molecule has 5 heteroatoms. The van der Waals surface area contributed by atoms with Gasteiger partial charge < -0.3 is 15.2 Å². The van der Waals surface area contributed by atoms with Crippen LogP contribution in [0.5, 0.6) is 0 Å². The molecule has 2 aromatic rings. The zero-order valence-electron chi connectivity index (χ0n) is 11.6. The predicted octanol–water partition coefficient (Wildman–Crippen LogP) is 2.77. The molecule has 0 saturated heterocycles. The summed E-state index contributed by atoms with van der Waals surface area (Å²) < 4.78 is 5.05. The fourth-order valence-electron chi connectivity index (χ4n) is 2.04. The van der Waals surface area contributed by atoms with E-state index in [0.717, 1.165) is 17.5 Å². The number of aromatic carboxylic acids is 1. The van der Waals surface area contributed by atoms with Gasteiger partial charge in [-0.1, -0.05) is 18.2 Å². The number of rotatable bonds is 6. The molecule has 0 aliphatic rings. The Balaban J connectivity index is 2.37. The summed E-state index contributed by atoms with van der Waals surface area (Å²) in [6.45, 7) is 2.69. The van der Waals surface area contributed by atoms with Crippen molar-refractivity contribution in [2.75, 3.05) is 19.0 Å². The van der Waals surface area contributed by atoms with Gasteiger partial charge in [0.1, 0.15) is 0 Å². The van der Waals surface area contributed by atoms with Crippen LogP contribution in [0.4, 0.5) is 5.69 Å². The monoisotopic (exact) mass is 274 g/mol. The number of para-hydroxylation sites is 1. The first kappa shape index (κ1) is 14.3. The molecule has 20 heavy (non-hydrogen) atoms. The number of fused-ring (bicyclic) bond motifs is 1. The lowest BCUT2D eigenvalue weighted by atomic mass is 10.1. The van der Waals surface area contributed by atoms with Gasteiger partial charge in [-0.05, 0) is 25.5 Å². The Labute approximate surface area is 117 Å². The lowest BCUT2D eigenvalue weighted by Crippen LogP contribution is -2.18. The summed E-state index contributed by atoms with van der Waals surface area (Å²) in [6.07, 6.45) is 0.843. The van der Waals surface area contributed by atoms with Crippen molar-refractivity contribution in [1.29, 1.82) is 0 Å². The second-order valence-corrected chi connectivity index (χ2v) is 4.70. The van der Waals surface area contributed by atoms with Crippen molar-refractivity contribution in [1.82, 2.24) is 4.98 Å². The molecule has 1 aromatic carbocycles. The summed E-state index contributed by atoms with van der Waals surface area (Å²) in [5.74, 6) is -1.02. The zero-order valence-corrected chi connectivity index (χ0v) is 11.6. The van der Waals surface area contributed by atoms with Crippen molar-refractivity contribution in [3.05, 3.63) is 36.0 Å². The van der Waals surface area contributed by atoms with Gasteiger partial charge in [0.2, 0.25) is 0 Å². The van der Waals surface area contributed by atoms with Crippen LogP contribution in [0.15, 0.2) is 30.3 Å². The van der Waals surface area contributed by atoms with E-state index in [4.69, 9.17) is 9.84 Å². The molecular formula is C15H18N2O3. The number of benzene rings is 1. The summed E-state index contributed by atoms with van der Waals surface area (Å²) in [6, 6.07) is 9.26. The molecule has 0 spiro atoms. The zero-order chi connectivity index (χ0) is 14.5. The Kier molecular flexibility index (Phi) is 4.53. The highest BCUT2D eigenvalue weighted by atomic mass is 16.5. The highest BCUT2D eigenvalue weighted by molar-refractivity contribution is 5.97. The van der Waals surface area contributed by atoms with Crippen LogP contribution in [-0.2, 0) is 4.74 Å². The quantitative estimate of drug-likeness (QED) is 0.847. The molecule has 0 radical (unpaired) electrons. The number of hydrogen-bond donors (Lipinski definition) is 2. The van der Waals surface area contributed by atoms with E-state index in [1.165, 1.54) is 0 Å². The molecule has 0 fully saturated rings. The number of hydrogen-bond acceptors (Lipinski definition) is 4. The molecule has 0 amide bonds. The van der Waals surface area contributed by atoms with Crippen LogP contribution in [0, 0.1) is 0 Å². The van der Waals surface area contributed by atoms with Gasteiger partial charge in [-0.3, -0.25) is 0 Å². The second kappa shape index (κ2) is 6.34. The van der Waals surface area contributed by atoms with Crippen LogP contribution >= 0.6 is 0 Å². The van der Waals surface area contributed by atoms with Crippen molar-refractivity contribution in [2.45, 2.75) is 19.4 Å². The largest absolute Gasteiger partial charge is 0.477 e. The molecule has 5 nitrogen and oxygen atoms in total. The van der Waals surface area contributed by atoms with Crippen LogP contribution in [0.2, 0.25) is 0 Å².